The lowest BCUT2D eigenvalue weighted by Gasteiger charge is -2.42. The van der Waals surface area contributed by atoms with Gasteiger partial charge in [-0.25, -0.2) is 4.98 Å². The standard InChI is InChI=1S/C25H22BrN7O2S3/c1-25(2)9-16-20(17(34)10-25)19(13-4-3-5-14(26)8-13)15(11-27)21(28)33(16)23-31-32-24(38-23)37-12-18(35)30-22-29-6-7-36-22/h3-8,19H,9-10,12,28H2,1-2H3,(H,29,30,35). The summed E-state index contributed by atoms with van der Waals surface area (Å²) in [5, 5.41) is 24.3. The molecule has 0 fully saturated rings. The third kappa shape index (κ3) is 5.26. The Morgan fingerprint density at radius 3 is 2.89 bits per heavy atom. The van der Waals surface area contributed by atoms with Crippen LogP contribution in [-0.2, 0) is 9.59 Å². The van der Waals surface area contributed by atoms with Crippen molar-refractivity contribution in [1.82, 2.24) is 15.2 Å². The predicted molar refractivity (Wildman–Crippen MR) is 153 cm³/mol. The monoisotopic (exact) mass is 627 g/mol. The Morgan fingerprint density at radius 1 is 1.37 bits per heavy atom. The molecule has 1 aliphatic carbocycles. The Morgan fingerprint density at radius 2 is 2.18 bits per heavy atom. The maximum absolute atomic E-state index is 13.6. The number of thiazole rings is 1. The summed E-state index contributed by atoms with van der Waals surface area (Å²) in [4.78, 5) is 31.7. The average Bonchev–Trinajstić information content (AvgIpc) is 3.53. The number of nitrogens with two attached hydrogens (primary N) is 1. The number of carbonyl (C=O) groups is 2. The second-order valence-corrected chi connectivity index (χ2v) is 13.5. The van der Waals surface area contributed by atoms with Crippen LogP contribution in [0.25, 0.3) is 0 Å². The molecular formula is C25H22BrN7O2S3. The zero-order chi connectivity index (χ0) is 27.0. The van der Waals surface area contributed by atoms with Gasteiger partial charge in [0.2, 0.25) is 11.0 Å². The van der Waals surface area contributed by atoms with E-state index in [0.717, 1.165) is 15.7 Å². The zero-order valence-corrected chi connectivity index (χ0v) is 24.4. The van der Waals surface area contributed by atoms with E-state index in [9.17, 15) is 14.9 Å². The summed E-state index contributed by atoms with van der Waals surface area (Å²) in [6.45, 7) is 4.09. The fraction of sp³-hybridized carbons (Fsp3) is 0.280. The molecule has 3 N–H and O–H groups in total. The number of Topliss-reactive ketones (excluding diaryl/α,β-unsaturated/α-hetero) is 1. The van der Waals surface area contributed by atoms with E-state index < -0.39 is 5.92 Å². The minimum Gasteiger partial charge on any atom is -0.384 e. The Kier molecular flexibility index (Phi) is 7.41. The Labute approximate surface area is 240 Å². The Hall–Kier alpha value is -3.05. The molecule has 5 rings (SSSR count). The minimum absolute atomic E-state index is 0.00977. The molecule has 13 heteroatoms. The third-order valence-corrected chi connectivity index (χ3v) is 9.38. The molecule has 0 radical (unpaired) electrons. The van der Waals surface area contributed by atoms with Crippen LogP contribution < -0.4 is 16.0 Å². The number of nitrogens with one attached hydrogen (secondary N) is 1. The number of aromatic nitrogens is 3. The summed E-state index contributed by atoms with van der Waals surface area (Å²) in [5.41, 5.74) is 8.79. The van der Waals surface area contributed by atoms with Gasteiger partial charge >= 0.3 is 0 Å². The highest BCUT2D eigenvalue weighted by Gasteiger charge is 2.45. The van der Waals surface area contributed by atoms with E-state index in [0.29, 0.717) is 38.6 Å². The van der Waals surface area contributed by atoms with Crippen LogP contribution in [0.3, 0.4) is 0 Å². The molecule has 0 saturated carbocycles. The van der Waals surface area contributed by atoms with Gasteiger partial charge in [-0.1, -0.05) is 65.0 Å². The molecule has 194 valence electrons. The number of allylic oxidation sites excluding steroid dienone is 3. The fourth-order valence-corrected chi connectivity index (χ4v) is 7.31. The molecule has 2 aliphatic rings. The highest BCUT2D eigenvalue weighted by atomic mass is 79.9. The van der Waals surface area contributed by atoms with Crippen LogP contribution in [-0.4, -0.2) is 32.6 Å². The van der Waals surface area contributed by atoms with Gasteiger partial charge < -0.3 is 11.1 Å². The molecule has 1 aliphatic heterocycles. The molecule has 9 nitrogen and oxygen atoms in total. The number of carbonyl (C=O) groups excluding carboxylic acids is 2. The molecule has 1 atom stereocenters. The predicted octanol–water partition coefficient (Wildman–Crippen LogP) is 5.43. The smallest absolute Gasteiger partial charge is 0.236 e. The maximum atomic E-state index is 13.6. The van der Waals surface area contributed by atoms with Crippen LogP contribution in [0.15, 0.2) is 67.3 Å². The van der Waals surface area contributed by atoms with E-state index in [4.69, 9.17) is 5.73 Å². The molecule has 2 aromatic heterocycles. The van der Waals surface area contributed by atoms with E-state index in [-0.39, 0.29) is 28.7 Å². The van der Waals surface area contributed by atoms with Gasteiger partial charge in [-0.3, -0.25) is 14.5 Å². The highest BCUT2D eigenvalue weighted by Crippen LogP contribution is 2.50. The van der Waals surface area contributed by atoms with Gasteiger partial charge in [0.15, 0.2) is 15.3 Å². The summed E-state index contributed by atoms with van der Waals surface area (Å²) >= 11 is 7.35. The summed E-state index contributed by atoms with van der Waals surface area (Å²) in [5.74, 6) is -0.413. The van der Waals surface area contributed by atoms with Crippen LogP contribution in [0, 0.1) is 16.7 Å². The van der Waals surface area contributed by atoms with E-state index in [2.05, 4.69) is 42.5 Å². The van der Waals surface area contributed by atoms with Crippen molar-refractivity contribution in [2.75, 3.05) is 16.0 Å². The molecule has 3 aromatic rings. The van der Waals surface area contributed by atoms with Crippen molar-refractivity contribution in [1.29, 1.82) is 5.26 Å². The largest absolute Gasteiger partial charge is 0.384 e. The molecular weight excluding hydrogens is 606 g/mol. The lowest BCUT2D eigenvalue weighted by Crippen LogP contribution is -2.42. The number of ketones is 1. The first-order valence-corrected chi connectivity index (χ1v) is 15.0. The van der Waals surface area contributed by atoms with Crippen molar-refractivity contribution in [3.05, 3.63) is 68.5 Å². The van der Waals surface area contributed by atoms with E-state index in [1.807, 2.05) is 38.1 Å². The SMILES string of the molecule is CC1(C)CC(=O)C2=C(C1)N(c1nnc(SCC(=O)Nc3nccs3)s1)C(N)=C(C#N)C2c1cccc(Br)c1. The van der Waals surface area contributed by atoms with Crippen LogP contribution in [0.5, 0.6) is 0 Å². The number of amides is 1. The van der Waals surface area contributed by atoms with E-state index >= 15 is 0 Å². The highest BCUT2D eigenvalue weighted by molar-refractivity contribution is 9.10. The zero-order valence-electron chi connectivity index (χ0n) is 20.4. The number of nitriles is 1. The van der Waals surface area contributed by atoms with Crippen LogP contribution in [0.2, 0.25) is 0 Å². The Balaban J connectivity index is 1.50. The van der Waals surface area contributed by atoms with Gasteiger partial charge in [0.25, 0.3) is 0 Å². The quantitative estimate of drug-likeness (QED) is 0.342. The summed E-state index contributed by atoms with van der Waals surface area (Å²) in [7, 11) is 0. The molecule has 1 unspecified atom stereocenters. The topological polar surface area (TPSA) is 138 Å². The summed E-state index contributed by atoms with van der Waals surface area (Å²) in [6, 6.07) is 9.87. The Bertz CT molecular complexity index is 1520. The average molecular weight is 629 g/mol. The van der Waals surface area contributed by atoms with Gasteiger partial charge in [0.05, 0.1) is 23.3 Å². The van der Waals surface area contributed by atoms with Gasteiger partial charge in [-0.15, -0.1) is 21.5 Å². The lowest BCUT2D eigenvalue weighted by atomic mass is 9.69. The summed E-state index contributed by atoms with van der Waals surface area (Å²) in [6.07, 6.45) is 2.57. The molecule has 1 amide bonds. The minimum atomic E-state index is -0.566. The summed E-state index contributed by atoms with van der Waals surface area (Å²) < 4.78 is 1.42. The fourth-order valence-electron chi connectivity index (χ4n) is 4.67. The molecule has 0 spiro atoms. The van der Waals surface area contributed by atoms with Crippen molar-refractivity contribution in [2.45, 2.75) is 36.9 Å². The van der Waals surface area contributed by atoms with Gasteiger partial charge in [-0.05, 0) is 29.5 Å². The first-order chi connectivity index (χ1) is 18.2. The number of rotatable bonds is 6. The number of hydrogen-bond acceptors (Lipinski definition) is 11. The van der Waals surface area contributed by atoms with Gasteiger partial charge in [-0.2, -0.15) is 5.26 Å². The third-order valence-electron chi connectivity index (χ3n) is 6.16. The van der Waals surface area contributed by atoms with Crippen molar-refractivity contribution in [3.63, 3.8) is 0 Å². The molecule has 3 heterocycles. The van der Waals surface area contributed by atoms with Crippen LogP contribution in [0.4, 0.5) is 10.3 Å². The number of benzene rings is 1. The lowest BCUT2D eigenvalue weighted by molar-refractivity contribution is -0.118. The second kappa shape index (κ2) is 10.6. The molecule has 38 heavy (non-hydrogen) atoms. The second-order valence-electron chi connectivity index (χ2n) is 9.56. The normalized spacial score (nSPS) is 18.8. The number of thioether (sulfide) groups is 1. The van der Waals surface area contributed by atoms with E-state index in [1.165, 1.54) is 34.4 Å². The van der Waals surface area contributed by atoms with Crippen LogP contribution >= 0.6 is 50.4 Å². The first-order valence-electron chi connectivity index (χ1n) is 11.5. The van der Waals surface area contributed by atoms with Crippen LogP contribution in [0.1, 0.15) is 38.2 Å². The maximum Gasteiger partial charge on any atom is 0.236 e. The van der Waals surface area contributed by atoms with Gasteiger partial charge in [0, 0.05) is 33.7 Å². The molecule has 1 aromatic carbocycles. The number of anilines is 2. The van der Waals surface area contributed by atoms with E-state index in [1.54, 1.807) is 16.5 Å². The van der Waals surface area contributed by atoms with Crippen molar-refractivity contribution in [2.24, 2.45) is 11.1 Å². The van der Waals surface area contributed by atoms with Crippen molar-refractivity contribution in [3.8, 4) is 6.07 Å². The van der Waals surface area contributed by atoms with Crippen molar-refractivity contribution < 1.29 is 9.59 Å². The first kappa shape index (κ1) is 26.6. The molecule has 0 bridgehead atoms. The number of nitrogens with zero attached hydrogens (tertiary/aromatic N) is 5. The number of hydrogen-bond donors (Lipinski definition) is 2. The van der Waals surface area contributed by atoms with Crippen molar-refractivity contribution >= 4 is 72.3 Å². The molecule has 0 saturated heterocycles. The number of halogens is 1. The van der Waals surface area contributed by atoms with Gasteiger partial charge in [0.1, 0.15) is 5.82 Å².